The summed E-state index contributed by atoms with van der Waals surface area (Å²) in [6.45, 7) is 20.8. The number of aliphatic hydroxyl groups excluding tert-OH is 2. The summed E-state index contributed by atoms with van der Waals surface area (Å²) in [6.07, 6.45) is 9.41. The first-order valence-electron chi connectivity index (χ1n) is 24.9. The molecule has 11 aliphatic rings. The zero-order valence-electron chi connectivity index (χ0n) is 39.7. The van der Waals surface area contributed by atoms with Crippen LogP contribution in [0, 0.1) is 5.92 Å². The van der Waals surface area contributed by atoms with Crippen molar-refractivity contribution < 1.29 is 67.1 Å². The van der Waals surface area contributed by atoms with Crippen molar-refractivity contribution in [1.29, 1.82) is 0 Å². The van der Waals surface area contributed by atoms with E-state index in [1.54, 1.807) is 6.08 Å². The fourth-order valence-electron chi connectivity index (χ4n) is 14.3. The van der Waals surface area contributed by atoms with Gasteiger partial charge in [-0.2, -0.15) is 0 Å². The van der Waals surface area contributed by atoms with Gasteiger partial charge >= 0.3 is 5.97 Å². The lowest BCUT2D eigenvalue weighted by Gasteiger charge is -2.60. The Hall–Kier alpha value is -1.79. The average Bonchev–Trinajstić information content (AvgIpc) is 3.43. The molecule has 0 aromatic carbocycles. The van der Waals surface area contributed by atoms with E-state index in [-0.39, 0.29) is 104 Å². The molecule has 0 amide bonds. The Bertz CT molecular complexity index is 1960. The van der Waals surface area contributed by atoms with Crippen LogP contribution in [-0.4, -0.2) is 154 Å². The second kappa shape index (κ2) is 15.9. The highest BCUT2D eigenvalue weighted by Crippen LogP contribution is 2.55. The zero-order valence-corrected chi connectivity index (χ0v) is 39.7. The Morgan fingerprint density at radius 3 is 2.25 bits per heavy atom. The molecule has 0 radical (unpaired) electrons. The molecule has 23 atom stereocenters. The first-order valence-corrected chi connectivity index (χ1v) is 24.9. The van der Waals surface area contributed by atoms with Crippen molar-refractivity contribution in [2.75, 3.05) is 6.61 Å². The highest BCUT2D eigenvalue weighted by Gasteiger charge is 2.65. The lowest BCUT2D eigenvalue weighted by atomic mass is 9.72. The SMILES string of the molecule is C=C(CO)CC1C[C@H](O)[C@]2(C)O[C@@H]3C[C@@H]4O[C@@H]5C[C@]6(C)O[C@]7(C)CC[C@@H]8O[C@@H]9C[C@]%10(C)O[C@]%11(C)C(C)=CC(=O)OC%11CC%10OC9C[C@@H](C)C8OC7CC6OC5(C)CC=CC4OC3CC2O1. The Balaban J connectivity index is 0.778. The molecular formula is C51H74O14. The molecule has 9 fully saturated rings. The van der Waals surface area contributed by atoms with Crippen LogP contribution in [0.5, 0.6) is 0 Å². The first-order chi connectivity index (χ1) is 30.7. The first kappa shape index (κ1) is 45.6. The summed E-state index contributed by atoms with van der Waals surface area (Å²) in [4.78, 5) is 12.4. The van der Waals surface area contributed by atoms with Crippen molar-refractivity contribution >= 4 is 5.97 Å². The van der Waals surface area contributed by atoms with E-state index in [1.165, 1.54) is 0 Å². The molecule has 11 unspecified atom stereocenters. The fourth-order valence-corrected chi connectivity index (χ4v) is 14.3. The third kappa shape index (κ3) is 7.52. The number of hydrogen-bond acceptors (Lipinski definition) is 14. The maximum atomic E-state index is 12.4. The summed E-state index contributed by atoms with van der Waals surface area (Å²) < 4.78 is 76.1. The van der Waals surface area contributed by atoms with Crippen molar-refractivity contribution in [2.24, 2.45) is 5.92 Å². The molecule has 0 aromatic heterocycles. The molecule has 2 N–H and O–H groups in total. The van der Waals surface area contributed by atoms with Gasteiger partial charge in [-0.1, -0.05) is 25.7 Å². The van der Waals surface area contributed by atoms with Gasteiger partial charge in [0.2, 0.25) is 0 Å². The van der Waals surface area contributed by atoms with Gasteiger partial charge in [-0.05, 0) is 97.6 Å². The topological polar surface area (TPSA) is 159 Å². The van der Waals surface area contributed by atoms with E-state index in [0.717, 1.165) is 24.8 Å². The molecular weight excluding hydrogens is 837 g/mol. The maximum absolute atomic E-state index is 12.4. The predicted molar refractivity (Wildman–Crippen MR) is 234 cm³/mol. The quantitative estimate of drug-likeness (QED) is 0.264. The lowest BCUT2D eigenvalue weighted by Crippen LogP contribution is -2.70. The Morgan fingerprint density at radius 2 is 1.45 bits per heavy atom. The highest BCUT2D eigenvalue weighted by atomic mass is 16.7. The van der Waals surface area contributed by atoms with E-state index in [1.807, 2.05) is 20.8 Å². The van der Waals surface area contributed by atoms with Gasteiger partial charge in [0, 0.05) is 51.0 Å². The average molecular weight is 911 g/mol. The third-order valence-corrected chi connectivity index (χ3v) is 18.5. The summed E-state index contributed by atoms with van der Waals surface area (Å²) >= 11 is 0. The van der Waals surface area contributed by atoms with Crippen molar-refractivity contribution in [3.63, 3.8) is 0 Å². The van der Waals surface area contributed by atoms with Gasteiger partial charge in [0.1, 0.15) is 23.4 Å². The largest absolute Gasteiger partial charge is 0.456 e. The summed E-state index contributed by atoms with van der Waals surface area (Å²) in [5.41, 5.74) is -2.46. The molecule has 11 heterocycles. The van der Waals surface area contributed by atoms with E-state index in [9.17, 15) is 15.0 Å². The maximum Gasteiger partial charge on any atom is 0.331 e. The minimum atomic E-state index is -0.887. The predicted octanol–water partition coefficient (Wildman–Crippen LogP) is 5.66. The number of rotatable bonds is 3. The molecule has 14 nitrogen and oxygen atoms in total. The molecule has 9 saturated heterocycles. The summed E-state index contributed by atoms with van der Waals surface area (Å²) in [7, 11) is 0. The van der Waals surface area contributed by atoms with Crippen LogP contribution in [0.1, 0.15) is 132 Å². The minimum Gasteiger partial charge on any atom is -0.456 e. The third-order valence-electron chi connectivity index (χ3n) is 18.5. The second-order valence-electron chi connectivity index (χ2n) is 23.4. The van der Waals surface area contributed by atoms with Gasteiger partial charge < -0.3 is 62.3 Å². The van der Waals surface area contributed by atoms with E-state index in [0.29, 0.717) is 63.4 Å². The van der Waals surface area contributed by atoms with Gasteiger partial charge in [0.15, 0.2) is 0 Å². The number of hydrogen-bond donors (Lipinski definition) is 2. The van der Waals surface area contributed by atoms with Crippen molar-refractivity contribution in [2.45, 2.75) is 264 Å². The Kier molecular flexibility index (Phi) is 11.1. The molecule has 0 aromatic rings. The van der Waals surface area contributed by atoms with Crippen LogP contribution in [0.2, 0.25) is 0 Å². The van der Waals surface area contributed by atoms with Crippen molar-refractivity contribution in [1.82, 2.24) is 0 Å². The number of ether oxygens (including phenoxy) is 11. The minimum absolute atomic E-state index is 0.101. The van der Waals surface area contributed by atoms with E-state index in [2.05, 4.69) is 53.3 Å². The summed E-state index contributed by atoms with van der Waals surface area (Å²) in [6, 6.07) is 0. The monoisotopic (exact) mass is 911 g/mol. The molecule has 65 heavy (non-hydrogen) atoms. The lowest BCUT2D eigenvalue weighted by molar-refractivity contribution is -0.356. The molecule has 362 valence electrons. The fraction of sp³-hybridized carbons (Fsp3) is 0.863. The van der Waals surface area contributed by atoms with Crippen LogP contribution < -0.4 is 0 Å². The summed E-state index contributed by atoms with van der Waals surface area (Å²) in [5, 5.41) is 21.0. The highest BCUT2D eigenvalue weighted by molar-refractivity contribution is 5.84. The molecule has 0 bridgehead atoms. The van der Waals surface area contributed by atoms with Crippen molar-refractivity contribution in [3.05, 3.63) is 36.0 Å². The molecule has 11 aliphatic heterocycles. The van der Waals surface area contributed by atoms with Gasteiger partial charge in [-0.25, -0.2) is 4.79 Å². The number of esters is 1. The van der Waals surface area contributed by atoms with Crippen LogP contribution in [0.3, 0.4) is 0 Å². The van der Waals surface area contributed by atoms with Crippen LogP contribution in [0.25, 0.3) is 0 Å². The zero-order chi connectivity index (χ0) is 45.6. The number of fused-ring (bicyclic) bond motifs is 10. The van der Waals surface area contributed by atoms with Gasteiger partial charge in [0.25, 0.3) is 0 Å². The molecule has 14 heteroatoms. The Labute approximate surface area is 384 Å². The Morgan fingerprint density at radius 1 is 0.708 bits per heavy atom. The molecule has 0 spiro atoms. The molecule has 0 aliphatic carbocycles. The van der Waals surface area contributed by atoms with Gasteiger partial charge in [-0.15, -0.1) is 0 Å². The van der Waals surface area contributed by atoms with E-state index in [4.69, 9.17) is 52.1 Å². The number of aliphatic hydroxyl groups is 2. The van der Waals surface area contributed by atoms with E-state index < -0.39 is 45.8 Å². The number of carbonyl (C=O) groups is 1. The summed E-state index contributed by atoms with van der Waals surface area (Å²) in [5.74, 6) is -0.156. The van der Waals surface area contributed by atoms with Crippen LogP contribution >= 0.6 is 0 Å². The standard InChI is InChI=1S/C51H74O14/c1-26(25-52)15-29-18-37(53)51(9)41(55-29)20-34-35(62-51)19-33-30(56-34)11-10-13-46(4)43(59-33)24-49(7)40(63-46)21-38-47(5,64-49)14-12-31-45(61-38)27(2)16-32-36(57-31)23-48(6)39(58-32)22-42-50(8,65-48)28(3)17-44(54)60-42/h10-11,17,27,29-43,45,52-53H,1,12-16,18-25H2,2-9H3/t27-,29?,30?,31+,32?,33+,34?,35-,36-,37+,38?,39?,40?,41?,42?,43-,45?,46?,47-,48+,49+,50-,51+/m1/s1. The van der Waals surface area contributed by atoms with Gasteiger partial charge in [-0.3, -0.25) is 0 Å². The van der Waals surface area contributed by atoms with Crippen LogP contribution in [0.4, 0.5) is 0 Å². The number of carbonyl (C=O) groups excluding carboxylic acids is 1. The van der Waals surface area contributed by atoms with Crippen molar-refractivity contribution in [3.8, 4) is 0 Å². The molecule has 11 rings (SSSR count). The van der Waals surface area contributed by atoms with Gasteiger partial charge in [0.05, 0.1) is 114 Å². The van der Waals surface area contributed by atoms with E-state index >= 15 is 0 Å². The molecule has 0 saturated carbocycles. The van der Waals surface area contributed by atoms with Crippen LogP contribution in [0.15, 0.2) is 36.0 Å². The normalized spacial score (nSPS) is 57.0. The second-order valence-corrected chi connectivity index (χ2v) is 23.4. The smallest absolute Gasteiger partial charge is 0.331 e. The van der Waals surface area contributed by atoms with Crippen LogP contribution in [-0.2, 0) is 56.9 Å².